The molecule has 0 aliphatic heterocycles. The number of primary amides is 1. The van der Waals surface area contributed by atoms with Crippen LogP contribution in [0.3, 0.4) is 0 Å². The van der Waals surface area contributed by atoms with Gasteiger partial charge in [-0.3, -0.25) is 4.79 Å². The topological polar surface area (TPSA) is 77.2 Å². The van der Waals surface area contributed by atoms with E-state index in [0.29, 0.717) is 16.8 Å². The number of pyridine rings is 1. The van der Waals surface area contributed by atoms with Crippen LogP contribution in [0.1, 0.15) is 29.6 Å². The van der Waals surface area contributed by atoms with Crippen molar-refractivity contribution in [2.24, 2.45) is 11.1 Å². The molecule has 2 rings (SSSR count). The summed E-state index contributed by atoms with van der Waals surface area (Å²) >= 11 is 0. The third kappa shape index (κ3) is 2.98. The van der Waals surface area contributed by atoms with E-state index >= 15 is 0 Å². The van der Waals surface area contributed by atoms with Crippen molar-refractivity contribution in [3.05, 3.63) is 23.9 Å². The van der Waals surface area contributed by atoms with Crippen molar-refractivity contribution in [3.8, 4) is 0 Å². The zero-order valence-corrected chi connectivity index (χ0v) is 10.6. The van der Waals surface area contributed by atoms with Gasteiger partial charge in [-0.25, -0.2) is 4.98 Å². The van der Waals surface area contributed by atoms with Gasteiger partial charge in [-0.05, 0) is 36.8 Å². The number of carbonyl (C=O) groups is 1. The molecule has 1 aromatic heterocycles. The predicted octanol–water partition coefficient (Wildman–Crippen LogP) is 1.41. The lowest BCUT2D eigenvalue weighted by atomic mass is 10.0. The summed E-state index contributed by atoms with van der Waals surface area (Å²) in [6.07, 6.45) is 5.09. The molecule has 98 valence electrons. The number of aromatic nitrogens is 1. The number of carbonyl (C=O) groups excluding carboxylic acids is 1. The first kappa shape index (κ1) is 12.8. The van der Waals surface area contributed by atoms with Gasteiger partial charge in [0, 0.05) is 26.5 Å². The van der Waals surface area contributed by atoms with Crippen LogP contribution < -0.4 is 11.1 Å². The first-order valence-electron chi connectivity index (χ1n) is 6.14. The van der Waals surface area contributed by atoms with Gasteiger partial charge in [0.25, 0.3) is 5.91 Å². The molecule has 1 aliphatic rings. The molecule has 1 saturated carbocycles. The Bertz CT molecular complexity index is 430. The average Bonchev–Trinajstić information content (AvgIpc) is 3.15. The molecule has 1 amide bonds. The number of methoxy groups -OCH3 is 1. The molecule has 0 saturated heterocycles. The smallest absolute Gasteiger partial charge is 0.252 e. The highest BCUT2D eigenvalue weighted by molar-refractivity contribution is 5.97. The summed E-state index contributed by atoms with van der Waals surface area (Å²) in [5.74, 6) is 0.126. The highest BCUT2D eigenvalue weighted by Crippen LogP contribution is 2.48. The van der Waals surface area contributed by atoms with E-state index in [-0.39, 0.29) is 0 Å². The maximum Gasteiger partial charge on any atom is 0.252 e. The highest BCUT2D eigenvalue weighted by atomic mass is 16.5. The van der Waals surface area contributed by atoms with Crippen LogP contribution >= 0.6 is 0 Å². The molecule has 0 spiro atoms. The van der Waals surface area contributed by atoms with Crippen LogP contribution in [0.4, 0.5) is 5.82 Å². The van der Waals surface area contributed by atoms with Gasteiger partial charge in [-0.1, -0.05) is 0 Å². The first-order valence-corrected chi connectivity index (χ1v) is 6.14. The van der Waals surface area contributed by atoms with Crippen molar-refractivity contribution in [2.45, 2.75) is 19.3 Å². The van der Waals surface area contributed by atoms with Crippen LogP contribution in [0.15, 0.2) is 18.3 Å². The van der Waals surface area contributed by atoms with Gasteiger partial charge in [0.2, 0.25) is 0 Å². The number of rotatable bonds is 7. The Hall–Kier alpha value is -1.62. The van der Waals surface area contributed by atoms with E-state index < -0.39 is 5.91 Å². The monoisotopic (exact) mass is 249 g/mol. The van der Waals surface area contributed by atoms with Gasteiger partial charge in [-0.15, -0.1) is 0 Å². The minimum absolute atomic E-state index is 0.308. The zero-order chi connectivity index (χ0) is 13.0. The van der Waals surface area contributed by atoms with Crippen LogP contribution in [-0.4, -0.2) is 31.2 Å². The molecule has 1 heterocycles. The molecule has 1 aliphatic carbocycles. The third-order valence-electron chi connectivity index (χ3n) is 3.50. The van der Waals surface area contributed by atoms with Gasteiger partial charge in [0.05, 0.1) is 5.56 Å². The molecule has 1 fully saturated rings. The normalized spacial score (nSPS) is 16.3. The Morgan fingerprint density at radius 2 is 2.39 bits per heavy atom. The molecule has 0 aromatic carbocycles. The molecule has 0 atom stereocenters. The average molecular weight is 249 g/mol. The van der Waals surface area contributed by atoms with E-state index in [1.54, 1.807) is 25.4 Å². The predicted molar refractivity (Wildman–Crippen MR) is 69.4 cm³/mol. The number of nitrogens with zero attached hydrogens (tertiary/aromatic N) is 1. The quantitative estimate of drug-likeness (QED) is 0.766. The fourth-order valence-corrected chi connectivity index (χ4v) is 2.03. The second-order valence-electron chi connectivity index (χ2n) is 4.86. The number of amides is 1. The molecule has 3 N–H and O–H groups in total. The number of hydrogen-bond acceptors (Lipinski definition) is 4. The minimum atomic E-state index is -0.452. The fraction of sp³-hybridized carbons (Fsp3) is 0.538. The van der Waals surface area contributed by atoms with Crippen molar-refractivity contribution >= 4 is 11.7 Å². The molecule has 5 heteroatoms. The van der Waals surface area contributed by atoms with Crippen LogP contribution in [0, 0.1) is 5.41 Å². The standard InChI is InChI=1S/C13H19N3O2/c1-18-8-6-13(4-5-13)9-16-12-10(11(14)17)3-2-7-15-12/h2-3,7H,4-6,8-9H2,1H3,(H2,14,17)(H,15,16). The molecule has 18 heavy (non-hydrogen) atoms. The molecule has 0 unspecified atom stereocenters. The third-order valence-corrected chi connectivity index (χ3v) is 3.50. The second kappa shape index (κ2) is 5.35. The van der Waals surface area contributed by atoms with Crippen molar-refractivity contribution in [3.63, 3.8) is 0 Å². The summed E-state index contributed by atoms with van der Waals surface area (Å²) in [5, 5.41) is 3.24. The van der Waals surface area contributed by atoms with Gasteiger partial charge in [0.15, 0.2) is 0 Å². The van der Waals surface area contributed by atoms with Gasteiger partial charge < -0.3 is 15.8 Å². The van der Waals surface area contributed by atoms with Crippen molar-refractivity contribution in [2.75, 3.05) is 25.6 Å². The van der Waals surface area contributed by atoms with Crippen LogP contribution in [0.25, 0.3) is 0 Å². The summed E-state index contributed by atoms with van der Waals surface area (Å²) < 4.78 is 5.11. The maximum absolute atomic E-state index is 11.3. The van der Waals surface area contributed by atoms with E-state index in [0.717, 1.165) is 19.6 Å². The maximum atomic E-state index is 11.3. The number of anilines is 1. The van der Waals surface area contributed by atoms with Crippen molar-refractivity contribution in [1.29, 1.82) is 0 Å². The number of nitrogens with one attached hydrogen (secondary N) is 1. The Labute approximate surface area is 107 Å². The Balaban J connectivity index is 1.96. The fourth-order valence-electron chi connectivity index (χ4n) is 2.03. The number of nitrogens with two attached hydrogens (primary N) is 1. The SMILES string of the molecule is COCCC1(CNc2ncccc2C(N)=O)CC1. The van der Waals surface area contributed by atoms with E-state index in [4.69, 9.17) is 10.5 Å². The molecular formula is C13H19N3O2. The number of hydrogen-bond donors (Lipinski definition) is 2. The van der Waals surface area contributed by atoms with Gasteiger partial charge in [-0.2, -0.15) is 0 Å². The molecular weight excluding hydrogens is 230 g/mol. The Morgan fingerprint density at radius 3 is 3.00 bits per heavy atom. The highest BCUT2D eigenvalue weighted by Gasteiger charge is 2.41. The lowest BCUT2D eigenvalue weighted by Gasteiger charge is -2.16. The van der Waals surface area contributed by atoms with Crippen LogP contribution in [0.5, 0.6) is 0 Å². The summed E-state index contributed by atoms with van der Waals surface area (Å²) in [6.45, 7) is 1.58. The Morgan fingerprint density at radius 1 is 1.61 bits per heavy atom. The largest absolute Gasteiger partial charge is 0.385 e. The molecule has 5 nitrogen and oxygen atoms in total. The summed E-state index contributed by atoms with van der Waals surface area (Å²) in [7, 11) is 1.72. The van der Waals surface area contributed by atoms with Crippen LogP contribution in [0.2, 0.25) is 0 Å². The lowest BCUT2D eigenvalue weighted by Crippen LogP contribution is -2.21. The summed E-state index contributed by atoms with van der Waals surface area (Å²) in [6, 6.07) is 3.40. The van der Waals surface area contributed by atoms with Gasteiger partial charge in [0.1, 0.15) is 5.82 Å². The van der Waals surface area contributed by atoms with E-state index in [1.807, 2.05) is 0 Å². The Kier molecular flexibility index (Phi) is 3.81. The zero-order valence-electron chi connectivity index (χ0n) is 10.6. The minimum Gasteiger partial charge on any atom is -0.385 e. The molecule has 0 radical (unpaired) electrons. The first-order chi connectivity index (χ1) is 8.67. The lowest BCUT2D eigenvalue weighted by molar-refractivity contribution is 0.100. The van der Waals surface area contributed by atoms with E-state index in [2.05, 4.69) is 10.3 Å². The molecule has 1 aromatic rings. The van der Waals surface area contributed by atoms with Crippen molar-refractivity contribution < 1.29 is 9.53 Å². The summed E-state index contributed by atoms with van der Waals surface area (Å²) in [4.78, 5) is 15.4. The number of ether oxygens (including phenoxy) is 1. The summed E-state index contributed by atoms with van der Waals surface area (Å²) in [5.41, 5.74) is 6.06. The van der Waals surface area contributed by atoms with Gasteiger partial charge >= 0.3 is 0 Å². The molecule has 0 bridgehead atoms. The van der Waals surface area contributed by atoms with E-state index in [9.17, 15) is 4.79 Å². The van der Waals surface area contributed by atoms with Crippen molar-refractivity contribution in [1.82, 2.24) is 4.98 Å². The second-order valence-corrected chi connectivity index (χ2v) is 4.86. The van der Waals surface area contributed by atoms with E-state index in [1.165, 1.54) is 12.8 Å². The van der Waals surface area contributed by atoms with Crippen LogP contribution in [-0.2, 0) is 4.74 Å².